The van der Waals surface area contributed by atoms with E-state index in [9.17, 15) is 9.90 Å². The Morgan fingerprint density at radius 3 is 2.75 bits per heavy atom. The van der Waals surface area contributed by atoms with Crippen molar-refractivity contribution < 1.29 is 9.90 Å². The summed E-state index contributed by atoms with van der Waals surface area (Å²) in [5.74, 6) is 0.451. The maximum absolute atomic E-state index is 12.1. The van der Waals surface area contributed by atoms with Gasteiger partial charge in [0.1, 0.15) is 5.78 Å². The minimum Gasteiger partial charge on any atom is -0.387 e. The quantitative estimate of drug-likeness (QED) is 0.723. The Hall–Kier alpha value is -1.15. The molecule has 84 valence electrons. The zero-order valence-electron chi connectivity index (χ0n) is 9.44. The first-order valence-corrected chi connectivity index (χ1v) is 5.96. The molecule has 0 radical (unpaired) electrons. The summed E-state index contributed by atoms with van der Waals surface area (Å²) < 4.78 is 0. The smallest absolute Gasteiger partial charge is 0.142 e. The topological polar surface area (TPSA) is 37.3 Å². The van der Waals surface area contributed by atoms with Gasteiger partial charge in [0.15, 0.2) is 0 Å². The van der Waals surface area contributed by atoms with Gasteiger partial charge in [0.25, 0.3) is 0 Å². The number of hydrogen-bond acceptors (Lipinski definition) is 2. The Kier molecular flexibility index (Phi) is 1.99. The number of fused-ring (bicyclic) bond motifs is 3. The standard InChI is InChI=1S/C14H16O2/c1-14-11(7-4-8-12(14)15)9-5-2-3-6-10(9)13(14)16/h2-3,5-6,11,13,16H,4,7-8H2,1H3. The highest BCUT2D eigenvalue weighted by Crippen LogP contribution is 2.58. The number of benzene rings is 1. The third kappa shape index (κ3) is 1.03. The van der Waals surface area contributed by atoms with Crippen molar-refractivity contribution >= 4 is 5.78 Å². The minimum absolute atomic E-state index is 0.222. The molecule has 0 aromatic heterocycles. The van der Waals surface area contributed by atoms with E-state index in [4.69, 9.17) is 0 Å². The van der Waals surface area contributed by atoms with E-state index in [-0.39, 0.29) is 11.7 Å². The van der Waals surface area contributed by atoms with E-state index in [0.29, 0.717) is 6.42 Å². The fraction of sp³-hybridized carbons (Fsp3) is 0.500. The summed E-state index contributed by atoms with van der Waals surface area (Å²) in [5, 5.41) is 10.4. The van der Waals surface area contributed by atoms with Crippen LogP contribution in [0, 0.1) is 5.41 Å². The Morgan fingerprint density at radius 1 is 1.31 bits per heavy atom. The summed E-state index contributed by atoms with van der Waals surface area (Å²) >= 11 is 0. The molecule has 2 nitrogen and oxygen atoms in total. The predicted molar refractivity (Wildman–Crippen MR) is 61.1 cm³/mol. The first kappa shape index (κ1) is 10.0. The molecule has 0 heterocycles. The largest absolute Gasteiger partial charge is 0.387 e. The lowest BCUT2D eigenvalue weighted by Gasteiger charge is -2.37. The van der Waals surface area contributed by atoms with Gasteiger partial charge in [-0.25, -0.2) is 0 Å². The third-order valence-corrected chi connectivity index (χ3v) is 4.46. The van der Waals surface area contributed by atoms with Crippen molar-refractivity contribution in [2.45, 2.75) is 38.2 Å². The zero-order chi connectivity index (χ0) is 11.3. The van der Waals surface area contributed by atoms with Gasteiger partial charge in [-0.1, -0.05) is 24.3 Å². The van der Waals surface area contributed by atoms with Gasteiger partial charge in [-0.15, -0.1) is 0 Å². The first-order chi connectivity index (χ1) is 7.65. The van der Waals surface area contributed by atoms with Crippen molar-refractivity contribution in [3.8, 4) is 0 Å². The van der Waals surface area contributed by atoms with Gasteiger partial charge in [-0.3, -0.25) is 4.79 Å². The predicted octanol–water partition coefficient (Wildman–Crippen LogP) is 2.58. The molecule has 0 aliphatic heterocycles. The van der Waals surface area contributed by atoms with Crippen LogP contribution in [0.25, 0.3) is 0 Å². The van der Waals surface area contributed by atoms with Gasteiger partial charge in [-0.2, -0.15) is 0 Å². The number of rotatable bonds is 0. The minimum atomic E-state index is -0.610. The molecule has 2 aliphatic rings. The van der Waals surface area contributed by atoms with Crippen molar-refractivity contribution in [3.05, 3.63) is 35.4 Å². The van der Waals surface area contributed by atoms with E-state index in [1.54, 1.807) is 0 Å². The molecule has 3 rings (SSSR count). The Balaban J connectivity index is 2.18. The second-order valence-corrected chi connectivity index (χ2v) is 5.18. The van der Waals surface area contributed by atoms with Gasteiger partial charge < -0.3 is 5.11 Å². The van der Waals surface area contributed by atoms with Gasteiger partial charge in [0.05, 0.1) is 11.5 Å². The maximum atomic E-state index is 12.1. The van der Waals surface area contributed by atoms with E-state index in [0.717, 1.165) is 18.4 Å². The molecule has 0 amide bonds. The van der Waals surface area contributed by atoms with E-state index in [1.165, 1.54) is 5.56 Å². The number of carbonyl (C=O) groups is 1. The van der Waals surface area contributed by atoms with Crippen molar-refractivity contribution in [2.24, 2.45) is 5.41 Å². The first-order valence-electron chi connectivity index (χ1n) is 5.96. The molecule has 1 fully saturated rings. The molecule has 2 heteroatoms. The normalized spacial score (nSPS) is 37.0. The fourth-order valence-electron chi connectivity index (χ4n) is 3.45. The highest BCUT2D eigenvalue weighted by molar-refractivity contribution is 5.88. The second-order valence-electron chi connectivity index (χ2n) is 5.18. The monoisotopic (exact) mass is 216 g/mol. The van der Waals surface area contributed by atoms with Crippen LogP contribution in [-0.4, -0.2) is 10.9 Å². The van der Waals surface area contributed by atoms with Crippen molar-refractivity contribution in [1.82, 2.24) is 0 Å². The molecule has 1 saturated carbocycles. The molecule has 16 heavy (non-hydrogen) atoms. The lowest BCUT2D eigenvalue weighted by molar-refractivity contribution is -0.138. The molecular weight excluding hydrogens is 200 g/mol. The van der Waals surface area contributed by atoms with Gasteiger partial charge >= 0.3 is 0 Å². The van der Waals surface area contributed by atoms with Crippen LogP contribution in [-0.2, 0) is 4.79 Å². The Bertz CT molecular complexity index is 452. The van der Waals surface area contributed by atoms with Crippen LogP contribution in [0.5, 0.6) is 0 Å². The average Bonchev–Trinajstić information content (AvgIpc) is 2.53. The highest BCUT2D eigenvalue weighted by atomic mass is 16.3. The highest BCUT2D eigenvalue weighted by Gasteiger charge is 2.54. The van der Waals surface area contributed by atoms with Crippen LogP contribution in [0.3, 0.4) is 0 Å². The van der Waals surface area contributed by atoms with Gasteiger partial charge in [-0.05, 0) is 36.8 Å². The summed E-state index contributed by atoms with van der Waals surface area (Å²) in [4.78, 5) is 12.1. The summed E-state index contributed by atoms with van der Waals surface area (Å²) in [6, 6.07) is 7.95. The van der Waals surface area contributed by atoms with Gasteiger partial charge in [0.2, 0.25) is 0 Å². The molecule has 0 spiro atoms. The van der Waals surface area contributed by atoms with Crippen molar-refractivity contribution in [1.29, 1.82) is 0 Å². The van der Waals surface area contributed by atoms with Crippen LogP contribution in [0.15, 0.2) is 24.3 Å². The molecule has 1 aromatic rings. The molecule has 2 aliphatic carbocycles. The van der Waals surface area contributed by atoms with Crippen LogP contribution >= 0.6 is 0 Å². The van der Waals surface area contributed by atoms with Crippen LogP contribution in [0.4, 0.5) is 0 Å². The number of Topliss-reactive ketones (excluding diaryl/α,β-unsaturated/α-hetero) is 1. The van der Waals surface area contributed by atoms with Crippen LogP contribution < -0.4 is 0 Å². The molecule has 0 saturated heterocycles. The molecule has 1 N–H and O–H groups in total. The summed E-state index contributed by atoms with van der Waals surface area (Å²) in [7, 11) is 0. The molecule has 0 bridgehead atoms. The molecular formula is C14H16O2. The lowest BCUT2D eigenvalue weighted by Crippen LogP contribution is -2.38. The second kappa shape index (κ2) is 3.17. The third-order valence-electron chi connectivity index (χ3n) is 4.46. The lowest BCUT2D eigenvalue weighted by atomic mass is 9.66. The number of carbonyl (C=O) groups excluding carboxylic acids is 1. The Morgan fingerprint density at radius 2 is 2.00 bits per heavy atom. The Labute approximate surface area is 95.3 Å². The van der Waals surface area contributed by atoms with Crippen LogP contribution in [0.1, 0.15) is 49.3 Å². The van der Waals surface area contributed by atoms with E-state index < -0.39 is 11.5 Å². The molecule has 3 unspecified atom stereocenters. The molecule has 1 aromatic carbocycles. The van der Waals surface area contributed by atoms with Crippen LogP contribution in [0.2, 0.25) is 0 Å². The van der Waals surface area contributed by atoms with Gasteiger partial charge in [0, 0.05) is 6.42 Å². The zero-order valence-corrected chi connectivity index (χ0v) is 9.44. The number of aliphatic hydroxyl groups excluding tert-OH is 1. The number of aliphatic hydroxyl groups is 1. The summed E-state index contributed by atoms with van der Waals surface area (Å²) in [6.07, 6.45) is 2.00. The fourth-order valence-corrected chi connectivity index (χ4v) is 3.45. The van der Waals surface area contributed by atoms with E-state index >= 15 is 0 Å². The molecule has 3 atom stereocenters. The van der Waals surface area contributed by atoms with E-state index in [1.807, 2.05) is 25.1 Å². The number of ketones is 1. The summed E-state index contributed by atoms with van der Waals surface area (Å²) in [6.45, 7) is 1.93. The summed E-state index contributed by atoms with van der Waals surface area (Å²) in [5.41, 5.74) is 1.58. The van der Waals surface area contributed by atoms with E-state index in [2.05, 4.69) is 6.07 Å². The van der Waals surface area contributed by atoms with Crippen molar-refractivity contribution in [3.63, 3.8) is 0 Å². The average molecular weight is 216 g/mol. The maximum Gasteiger partial charge on any atom is 0.142 e. The SMILES string of the molecule is CC12C(=O)CCCC1c1ccccc1C2O. The van der Waals surface area contributed by atoms with Crippen molar-refractivity contribution in [2.75, 3.05) is 0 Å². The number of hydrogen-bond donors (Lipinski definition) is 1.